The minimum atomic E-state index is 0.676. The van der Waals surface area contributed by atoms with Gasteiger partial charge in [-0.15, -0.1) is 0 Å². The van der Waals surface area contributed by atoms with Crippen molar-refractivity contribution in [3.63, 3.8) is 0 Å². The first-order valence-corrected chi connectivity index (χ1v) is 4.61. The van der Waals surface area contributed by atoms with E-state index >= 15 is 0 Å². The zero-order valence-electron chi connectivity index (χ0n) is 6.97. The highest BCUT2D eigenvalue weighted by atomic mass is 35.5. The number of aryl methyl sites for hydroxylation is 1. The third-order valence-corrected chi connectivity index (χ3v) is 2.46. The van der Waals surface area contributed by atoms with Crippen molar-refractivity contribution in [1.82, 2.24) is 9.97 Å². The second kappa shape index (κ2) is 3.09. The fraction of sp³-hybridized carbons (Fsp3) is 0.111. The van der Waals surface area contributed by atoms with Crippen LogP contribution in [0.3, 0.4) is 0 Å². The number of aromatic nitrogens is 2. The number of halogens is 1. The molecule has 0 atom stereocenters. The second-order valence-corrected chi connectivity index (χ2v) is 3.66. The highest BCUT2D eigenvalue weighted by molar-refractivity contribution is 7.71. The third kappa shape index (κ3) is 1.57. The van der Waals surface area contributed by atoms with Crippen molar-refractivity contribution in [1.29, 1.82) is 0 Å². The molecule has 0 aliphatic carbocycles. The normalized spacial score (nSPS) is 10.6. The summed E-state index contributed by atoms with van der Waals surface area (Å²) < 4.78 is 0.676. The summed E-state index contributed by atoms with van der Waals surface area (Å²) in [4.78, 5) is 7.40. The van der Waals surface area contributed by atoms with Crippen molar-refractivity contribution in [2.24, 2.45) is 0 Å². The van der Waals surface area contributed by atoms with Gasteiger partial charge in [-0.05, 0) is 25.1 Å². The molecule has 0 fully saturated rings. The molecule has 0 saturated carbocycles. The Hall–Kier alpha value is -0.930. The molecular weight excluding hydrogens is 204 g/mol. The number of hydrogen-bond donors (Lipinski definition) is 1. The first-order valence-electron chi connectivity index (χ1n) is 3.83. The zero-order chi connectivity index (χ0) is 9.42. The van der Waals surface area contributed by atoms with E-state index in [0.717, 1.165) is 16.7 Å². The van der Waals surface area contributed by atoms with E-state index in [2.05, 4.69) is 9.97 Å². The summed E-state index contributed by atoms with van der Waals surface area (Å²) in [5.41, 5.74) is 2.59. The molecule has 66 valence electrons. The van der Waals surface area contributed by atoms with Crippen molar-refractivity contribution < 1.29 is 0 Å². The predicted molar refractivity (Wildman–Crippen MR) is 56.7 cm³/mol. The van der Waals surface area contributed by atoms with Crippen molar-refractivity contribution in [2.45, 2.75) is 6.92 Å². The van der Waals surface area contributed by atoms with E-state index in [1.54, 1.807) is 0 Å². The van der Waals surface area contributed by atoms with Crippen LogP contribution in [0.1, 0.15) is 5.69 Å². The average Bonchev–Trinajstić information content (AvgIpc) is 2.08. The molecule has 2 rings (SSSR count). The van der Waals surface area contributed by atoms with E-state index in [9.17, 15) is 0 Å². The van der Waals surface area contributed by atoms with Gasteiger partial charge >= 0.3 is 0 Å². The van der Waals surface area contributed by atoms with Crippen LogP contribution in [0.4, 0.5) is 0 Å². The van der Waals surface area contributed by atoms with E-state index in [0.29, 0.717) is 9.66 Å². The maximum Gasteiger partial charge on any atom is 0.125 e. The Balaban J connectivity index is 2.89. The fourth-order valence-electron chi connectivity index (χ4n) is 1.15. The Morgan fingerprint density at radius 1 is 1.46 bits per heavy atom. The number of nitrogens with zero attached hydrogens (tertiary/aromatic N) is 1. The molecule has 0 radical (unpaired) electrons. The molecule has 0 amide bonds. The fourth-order valence-corrected chi connectivity index (χ4v) is 1.47. The van der Waals surface area contributed by atoms with Gasteiger partial charge < -0.3 is 4.98 Å². The maximum atomic E-state index is 5.83. The summed E-state index contributed by atoms with van der Waals surface area (Å²) in [6, 6.07) is 5.50. The van der Waals surface area contributed by atoms with Gasteiger partial charge in [0, 0.05) is 5.02 Å². The van der Waals surface area contributed by atoms with Gasteiger partial charge in [-0.2, -0.15) is 0 Å². The lowest BCUT2D eigenvalue weighted by atomic mass is 10.3. The first-order chi connectivity index (χ1) is 6.16. The summed E-state index contributed by atoms with van der Waals surface area (Å²) in [5, 5.41) is 0.685. The molecule has 0 bridgehead atoms. The van der Waals surface area contributed by atoms with Gasteiger partial charge in [0.1, 0.15) is 4.64 Å². The van der Waals surface area contributed by atoms with Gasteiger partial charge in [0.25, 0.3) is 0 Å². The van der Waals surface area contributed by atoms with Crippen LogP contribution < -0.4 is 0 Å². The highest BCUT2D eigenvalue weighted by Crippen LogP contribution is 2.16. The molecule has 0 spiro atoms. The number of fused-ring (bicyclic) bond motifs is 1. The Kier molecular flexibility index (Phi) is 2.06. The first kappa shape index (κ1) is 8.66. The van der Waals surface area contributed by atoms with Crippen LogP contribution in [0.5, 0.6) is 0 Å². The topological polar surface area (TPSA) is 28.7 Å². The van der Waals surface area contributed by atoms with E-state index in [1.165, 1.54) is 0 Å². The SMILES string of the molecule is Cc1nc2cc(Cl)ccc2[nH]c1=S. The van der Waals surface area contributed by atoms with Crippen molar-refractivity contribution in [3.8, 4) is 0 Å². The number of H-pyrrole nitrogens is 1. The van der Waals surface area contributed by atoms with Gasteiger partial charge in [-0.3, -0.25) is 0 Å². The molecule has 1 aromatic heterocycles. The minimum absolute atomic E-state index is 0.676. The highest BCUT2D eigenvalue weighted by Gasteiger charge is 1.98. The van der Waals surface area contributed by atoms with Crippen LogP contribution in [0.15, 0.2) is 18.2 Å². The number of aromatic amines is 1. The monoisotopic (exact) mass is 210 g/mol. The molecule has 0 aliphatic heterocycles. The van der Waals surface area contributed by atoms with Crippen molar-refractivity contribution >= 4 is 34.9 Å². The number of nitrogens with one attached hydrogen (secondary N) is 1. The van der Waals surface area contributed by atoms with Gasteiger partial charge in [-0.1, -0.05) is 23.8 Å². The molecule has 0 aliphatic rings. The molecule has 1 heterocycles. The van der Waals surface area contributed by atoms with E-state index in [4.69, 9.17) is 23.8 Å². The summed E-state index contributed by atoms with van der Waals surface area (Å²) in [5.74, 6) is 0. The molecule has 1 aromatic carbocycles. The number of rotatable bonds is 0. The van der Waals surface area contributed by atoms with Crippen molar-refractivity contribution in [3.05, 3.63) is 33.6 Å². The average molecular weight is 211 g/mol. The van der Waals surface area contributed by atoms with Crippen LogP contribution in [0.25, 0.3) is 11.0 Å². The van der Waals surface area contributed by atoms with E-state index in [-0.39, 0.29) is 0 Å². The lowest BCUT2D eigenvalue weighted by molar-refractivity contribution is 1.16. The summed E-state index contributed by atoms with van der Waals surface area (Å²) in [7, 11) is 0. The van der Waals surface area contributed by atoms with Gasteiger partial charge in [0.15, 0.2) is 0 Å². The zero-order valence-corrected chi connectivity index (χ0v) is 8.54. The Morgan fingerprint density at radius 2 is 2.23 bits per heavy atom. The molecule has 2 aromatic rings. The minimum Gasteiger partial charge on any atom is -0.343 e. The standard InChI is InChI=1S/C9H7ClN2S/c1-5-9(13)12-7-3-2-6(10)4-8(7)11-5/h2-4H,1H3,(H,12,13). The second-order valence-electron chi connectivity index (χ2n) is 2.81. The van der Waals surface area contributed by atoms with E-state index in [1.807, 2.05) is 25.1 Å². The molecule has 0 unspecified atom stereocenters. The predicted octanol–water partition coefficient (Wildman–Crippen LogP) is 3.25. The molecule has 1 N–H and O–H groups in total. The molecule has 2 nitrogen and oxygen atoms in total. The number of benzene rings is 1. The molecular formula is C9H7ClN2S. The Morgan fingerprint density at radius 3 is 3.00 bits per heavy atom. The molecule has 4 heteroatoms. The quantitative estimate of drug-likeness (QED) is 0.677. The van der Waals surface area contributed by atoms with Crippen molar-refractivity contribution in [2.75, 3.05) is 0 Å². The summed E-state index contributed by atoms with van der Waals surface area (Å²) in [6.07, 6.45) is 0. The van der Waals surface area contributed by atoms with Crippen LogP contribution in [-0.4, -0.2) is 9.97 Å². The smallest absolute Gasteiger partial charge is 0.125 e. The Labute approximate surface area is 85.6 Å². The molecule has 0 saturated heterocycles. The lowest BCUT2D eigenvalue weighted by Gasteiger charge is -1.99. The molecule has 13 heavy (non-hydrogen) atoms. The van der Waals surface area contributed by atoms with Crippen LogP contribution in [0, 0.1) is 11.6 Å². The largest absolute Gasteiger partial charge is 0.343 e. The lowest BCUT2D eigenvalue weighted by Crippen LogP contribution is -1.88. The van der Waals surface area contributed by atoms with Crippen LogP contribution in [-0.2, 0) is 0 Å². The van der Waals surface area contributed by atoms with Gasteiger partial charge in [0.05, 0.1) is 16.7 Å². The summed E-state index contributed by atoms with van der Waals surface area (Å²) in [6.45, 7) is 1.87. The van der Waals surface area contributed by atoms with Gasteiger partial charge in [0.2, 0.25) is 0 Å². The number of hydrogen-bond acceptors (Lipinski definition) is 2. The van der Waals surface area contributed by atoms with E-state index < -0.39 is 0 Å². The summed E-state index contributed by atoms with van der Waals surface area (Å²) >= 11 is 10.9. The van der Waals surface area contributed by atoms with Gasteiger partial charge in [-0.25, -0.2) is 4.98 Å². The third-order valence-electron chi connectivity index (χ3n) is 1.82. The van der Waals surface area contributed by atoms with Crippen LogP contribution in [0.2, 0.25) is 5.02 Å². The Bertz CT molecular complexity index is 518. The van der Waals surface area contributed by atoms with Crippen LogP contribution >= 0.6 is 23.8 Å². The maximum absolute atomic E-state index is 5.83.